The highest BCUT2D eigenvalue weighted by molar-refractivity contribution is 7.10. The van der Waals surface area contributed by atoms with E-state index in [2.05, 4.69) is 34.7 Å². The van der Waals surface area contributed by atoms with Gasteiger partial charge in [0.2, 0.25) is 5.91 Å². The van der Waals surface area contributed by atoms with E-state index in [0.717, 1.165) is 37.6 Å². The first kappa shape index (κ1) is 20.3. The van der Waals surface area contributed by atoms with E-state index in [1.165, 1.54) is 10.4 Å². The van der Waals surface area contributed by atoms with Crippen molar-refractivity contribution in [3.8, 4) is 0 Å². The van der Waals surface area contributed by atoms with Crippen LogP contribution in [0.5, 0.6) is 0 Å². The number of thiophene rings is 1. The molecule has 0 saturated carbocycles. The Kier molecular flexibility index (Phi) is 7.70. The zero-order valence-corrected chi connectivity index (χ0v) is 17.3. The van der Waals surface area contributed by atoms with Crippen LogP contribution in [0.2, 0.25) is 5.02 Å². The zero-order valence-electron chi connectivity index (χ0n) is 15.7. The number of carbonyl (C=O) groups excluding carboxylic acids is 1. The first-order valence-electron chi connectivity index (χ1n) is 9.52. The Morgan fingerprint density at radius 3 is 2.89 bits per heavy atom. The standard InChI is InChI=1S/C21H27ClN2O2S/c1-16-15-24(11-12-26-16)19(20-5-3-13-27-20)14-23-21(25)6-2-4-17-7-9-18(22)10-8-17/h3,5,7-10,13,16,19H,2,4,6,11-12,14-15H2,1H3,(H,23,25)/t16-,19+/m1/s1. The number of carbonyl (C=O) groups is 1. The number of halogens is 1. The van der Waals surface area contributed by atoms with Gasteiger partial charge in [-0.05, 0) is 48.9 Å². The molecule has 4 nitrogen and oxygen atoms in total. The molecule has 0 bridgehead atoms. The third kappa shape index (κ3) is 6.32. The SMILES string of the molecule is C[C@@H]1CN([C@@H](CNC(=O)CCCc2ccc(Cl)cc2)c2cccs2)CCO1. The lowest BCUT2D eigenvalue weighted by molar-refractivity contribution is -0.121. The second-order valence-corrected chi connectivity index (χ2v) is 8.41. The van der Waals surface area contributed by atoms with Crippen molar-refractivity contribution in [1.29, 1.82) is 0 Å². The van der Waals surface area contributed by atoms with Crippen LogP contribution in [-0.2, 0) is 16.0 Å². The van der Waals surface area contributed by atoms with Crippen molar-refractivity contribution in [1.82, 2.24) is 10.2 Å². The van der Waals surface area contributed by atoms with Gasteiger partial charge in [0.05, 0.1) is 18.8 Å². The maximum Gasteiger partial charge on any atom is 0.220 e. The predicted octanol–water partition coefficient (Wildman–Crippen LogP) is 4.30. The average molecular weight is 407 g/mol. The molecule has 1 aliphatic rings. The van der Waals surface area contributed by atoms with Crippen LogP contribution in [-0.4, -0.2) is 43.2 Å². The monoisotopic (exact) mass is 406 g/mol. The molecule has 2 aromatic rings. The molecule has 2 atom stereocenters. The van der Waals surface area contributed by atoms with E-state index in [9.17, 15) is 4.79 Å². The Morgan fingerprint density at radius 2 is 2.19 bits per heavy atom. The van der Waals surface area contributed by atoms with E-state index < -0.39 is 0 Å². The topological polar surface area (TPSA) is 41.6 Å². The number of nitrogens with one attached hydrogen (secondary N) is 1. The Hall–Kier alpha value is -1.40. The summed E-state index contributed by atoms with van der Waals surface area (Å²) in [5.41, 5.74) is 1.21. The van der Waals surface area contributed by atoms with E-state index in [1.807, 2.05) is 24.3 Å². The number of benzene rings is 1. The zero-order chi connectivity index (χ0) is 19.1. The summed E-state index contributed by atoms with van der Waals surface area (Å²) in [7, 11) is 0. The lowest BCUT2D eigenvalue weighted by Crippen LogP contribution is -2.46. The van der Waals surface area contributed by atoms with Crippen LogP contribution in [0.1, 0.15) is 36.2 Å². The van der Waals surface area contributed by atoms with E-state index in [0.29, 0.717) is 13.0 Å². The van der Waals surface area contributed by atoms with Crippen molar-refractivity contribution >= 4 is 28.8 Å². The Balaban J connectivity index is 1.47. The molecule has 27 heavy (non-hydrogen) atoms. The Morgan fingerprint density at radius 1 is 1.37 bits per heavy atom. The molecule has 0 unspecified atom stereocenters. The Labute approximate surface area is 170 Å². The van der Waals surface area contributed by atoms with Crippen LogP contribution in [0, 0.1) is 0 Å². The quantitative estimate of drug-likeness (QED) is 0.710. The van der Waals surface area contributed by atoms with Crippen molar-refractivity contribution in [3.63, 3.8) is 0 Å². The third-order valence-electron chi connectivity index (χ3n) is 4.86. The van der Waals surface area contributed by atoms with Gasteiger partial charge in [-0.3, -0.25) is 9.69 Å². The smallest absolute Gasteiger partial charge is 0.220 e. The molecule has 2 heterocycles. The van der Waals surface area contributed by atoms with Gasteiger partial charge in [0, 0.05) is 36.0 Å². The summed E-state index contributed by atoms with van der Waals surface area (Å²) in [5, 5.41) is 5.98. The van der Waals surface area contributed by atoms with Gasteiger partial charge in [-0.25, -0.2) is 0 Å². The fraction of sp³-hybridized carbons (Fsp3) is 0.476. The molecule has 1 amide bonds. The minimum Gasteiger partial charge on any atom is -0.376 e. The minimum absolute atomic E-state index is 0.117. The molecule has 1 saturated heterocycles. The summed E-state index contributed by atoms with van der Waals surface area (Å²) in [6, 6.07) is 12.3. The lowest BCUT2D eigenvalue weighted by Gasteiger charge is -2.37. The van der Waals surface area contributed by atoms with E-state index in [4.69, 9.17) is 16.3 Å². The lowest BCUT2D eigenvalue weighted by atomic mass is 10.1. The van der Waals surface area contributed by atoms with Crippen molar-refractivity contribution in [2.75, 3.05) is 26.2 Å². The van der Waals surface area contributed by atoms with Crippen LogP contribution in [0.25, 0.3) is 0 Å². The molecule has 1 aliphatic heterocycles. The first-order valence-corrected chi connectivity index (χ1v) is 10.8. The molecular formula is C21H27ClN2O2S. The van der Waals surface area contributed by atoms with Gasteiger partial charge >= 0.3 is 0 Å². The molecule has 3 rings (SSSR count). The fourth-order valence-electron chi connectivity index (χ4n) is 3.42. The maximum absolute atomic E-state index is 12.3. The molecule has 146 valence electrons. The minimum atomic E-state index is 0.117. The molecule has 1 fully saturated rings. The van der Waals surface area contributed by atoms with E-state index in [-0.39, 0.29) is 18.1 Å². The van der Waals surface area contributed by atoms with Crippen LogP contribution < -0.4 is 5.32 Å². The van der Waals surface area contributed by atoms with Crippen molar-refractivity contribution in [2.45, 2.75) is 38.3 Å². The first-order chi connectivity index (χ1) is 13.1. The summed E-state index contributed by atoms with van der Waals surface area (Å²) < 4.78 is 5.67. The highest BCUT2D eigenvalue weighted by Gasteiger charge is 2.26. The molecule has 0 aliphatic carbocycles. The number of aryl methyl sites for hydroxylation is 1. The summed E-state index contributed by atoms with van der Waals surface area (Å²) >= 11 is 7.66. The highest BCUT2D eigenvalue weighted by atomic mass is 35.5. The number of hydrogen-bond acceptors (Lipinski definition) is 4. The highest BCUT2D eigenvalue weighted by Crippen LogP contribution is 2.26. The van der Waals surface area contributed by atoms with Gasteiger partial charge < -0.3 is 10.1 Å². The number of rotatable bonds is 8. The second kappa shape index (κ2) is 10.2. The largest absolute Gasteiger partial charge is 0.376 e. The molecule has 6 heteroatoms. The van der Waals surface area contributed by atoms with Gasteiger partial charge in [0.1, 0.15) is 0 Å². The number of nitrogens with zero attached hydrogens (tertiary/aromatic N) is 1. The summed E-state index contributed by atoms with van der Waals surface area (Å²) in [6.07, 6.45) is 2.50. The summed E-state index contributed by atoms with van der Waals surface area (Å²) in [5.74, 6) is 0.117. The van der Waals surface area contributed by atoms with Gasteiger partial charge in [0.15, 0.2) is 0 Å². The van der Waals surface area contributed by atoms with Gasteiger partial charge in [-0.1, -0.05) is 29.8 Å². The molecule has 0 spiro atoms. The van der Waals surface area contributed by atoms with Gasteiger partial charge in [-0.15, -0.1) is 11.3 Å². The number of morpholine rings is 1. The summed E-state index contributed by atoms with van der Waals surface area (Å²) in [4.78, 5) is 16.1. The van der Waals surface area contributed by atoms with E-state index in [1.54, 1.807) is 11.3 Å². The third-order valence-corrected chi connectivity index (χ3v) is 6.09. The van der Waals surface area contributed by atoms with Crippen LogP contribution in [0.15, 0.2) is 41.8 Å². The van der Waals surface area contributed by atoms with Crippen LogP contribution in [0.3, 0.4) is 0 Å². The predicted molar refractivity (Wildman–Crippen MR) is 111 cm³/mol. The van der Waals surface area contributed by atoms with Crippen molar-refractivity contribution in [3.05, 3.63) is 57.2 Å². The van der Waals surface area contributed by atoms with Gasteiger partial charge in [-0.2, -0.15) is 0 Å². The van der Waals surface area contributed by atoms with Crippen molar-refractivity contribution < 1.29 is 9.53 Å². The normalized spacial score (nSPS) is 19.0. The number of ether oxygens (including phenoxy) is 1. The number of amides is 1. The maximum atomic E-state index is 12.3. The number of hydrogen-bond donors (Lipinski definition) is 1. The van der Waals surface area contributed by atoms with Crippen LogP contribution >= 0.6 is 22.9 Å². The fourth-order valence-corrected chi connectivity index (χ4v) is 4.41. The van der Waals surface area contributed by atoms with Gasteiger partial charge in [0.25, 0.3) is 0 Å². The molecule has 1 aromatic carbocycles. The van der Waals surface area contributed by atoms with E-state index >= 15 is 0 Å². The molecule has 1 aromatic heterocycles. The molecule has 1 N–H and O–H groups in total. The summed E-state index contributed by atoms with van der Waals surface area (Å²) in [6.45, 7) is 5.30. The van der Waals surface area contributed by atoms with Crippen molar-refractivity contribution in [2.24, 2.45) is 0 Å². The molecular weight excluding hydrogens is 380 g/mol. The Bertz CT molecular complexity index is 705. The average Bonchev–Trinajstić information content (AvgIpc) is 3.18. The molecule has 0 radical (unpaired) electrons. The second-order valence-electron chi connectivity index (χ2n) is 6.99. The van der Waals surface area contributed by atoms with Crippen LogP contribution in [0.4, 0.5) is 0 Å².